The van der Waals surface area contributed by atoms with E-state index in [0.29, 0.717) is 16.8 Å². The number of hydrogen-bond acceptors (Lipinski definition) is 3. The maximum atomic E-state index is 13.8. The van der Waals surface area contributed by atoms with Gasteiger partial charge in [-0.25, -0.2) is 4.39 Å². The molecule has 108 valence electrons. The molecule has 0 aliphatic rings. The summed E-state index contributed by atoms with van der Waals surface area (Å²) in [6, 6.07) is 8.52. The third-order valence-corrected chi connectivity index (χ3v) is 2.82. The zero-order chi connectivity index (χ0) is 15.4. The molecule has 0 aliphatic carbocycles. The third-order valence-electron chi connectivity index (χ3n) is 2.82. The highest BCUT2D eigenvalue weighted by Gasteiger charge is 2.13. The SMILES string of the molecule is [B]c1ccc(N)c(NCc2c(F)cccc2OC(F)F)c1. The molecule has 3 N–H and O–H groups in total. The Hall–Kier alpha value is -2.31. The largest absolute Gasteiger partial charge is 0.434 e. The Labute approximate surface area is 121 Å². The average molecular weight is 292 g/mol. The molecule has 0 fully saturated rings. The van der Waals surface area contributed by atoms with Crippen molar-refractivity contribution < 1.29 is 17.9 Å². The lowest BCUT2D eigenvalue weighted by molar-refractivity contribution is -0.0505. The van der Waals surface area contributed by atoms with E-state index in [1.165, 1.54) is 12.1 Å². The Bertz CT molecular complexity index is 638. The van der Waals surface area contributed by atoms with Crippen molar-refractivity contribution in [2.45, 2.75) is 13.2 Å². The predicted octanol–water partition coefficient (Wildman–Crippen LogP) is 2.42. The maximum absolute atomic E-state index is 13.8. The Balaban J connectivity index is 2.21. The van der Waals surface area contributed by atoms with Crippen LogP contribution in [0.3, 0.4) is 0 Å². The lowest BCUT2D eigenvalue weighted by Crippen LogP contribution is -2.11. The Morgan fingerprint density at radius 3 is 2.71 bits per heavy atom. The van der Waals surface area contributed by atoms with Gasteiger partial charge in [-0.2, -0.15) is 8.78 Å². The number of alkyl halides is 2. The summed E-state index contributed by atoms with van der Waals surface area (Å²) in [5.41, 5.74) is 7.11. The number of halogens is 3. The van der Waals surface area contributed by atoms with Crippen molar-refractivity contribution in [2.24, 2.45) is 0 Å². The van der Waals surface area contributed by atoms with Gasteiger partial charge in [-0.3, -0.25) is 0 Å². The third kappa shape index (κ3) is 3.84. The highest BCUT2D eigenvalue weighted by molar-refractivity contribution is 6.32. The number of ether oxygens (including phenoxy) is 1. The Kier molecular flexibility index (Phi) is 4.62. The second kappa shape index (κ2) is 6.43. The maximum Gasteiger partial charge on any atom is 0.387 e. The summed E-state index contributed by atoms with van der Waals surface area (Å²) >= 11 is 0. The standard InChI is InChI=1S/C14H12BF3N2O/c15-8-4-5-11(19)12(6-8)20-7-9-10(16)2-1-3-13(9)21-14(17)18/h1-6,14,20H,7,19H2. The van der Waals surface area contributed by atoms with Crippen LogP contribution in [0.1, 0.15) is 5.56 Å². The zero-order valence-electron chi connectivity index (χ0n) is 10.9. The molecule has 0 bridgehead atoms. The minimum Gasteiger partial charge on any atom is -0.434 e. The molecule has 0 aromatic heterocycles. The van der Waals surface area contributed by atoms with Crippen LogP contribution in [0, 0.1) is 5.82 Å². The van der Waals surface area contributed by atoms with Crippen LogP contribution in [0.4, 0.5) is 24.5 Å². The summed E-state index contributed by atoms with van der Waals surface area (Å²) in [6.07, 6.45) is 0. The summed E-state index contributed by atoms with van der Waals surface area (Å²) in [7, 11) is 5.63. The van der Waals surface area contributed by atoms with Crippen molar-refractivity contribution in [2.75, 3.05) is 11.1 Å². The molecule has 3 nitrogen and oxygen atoms in total. The van der Waals surface area contributed by atoms with Gasteiger partial charge in [0.2, 0.25) is 0 Å². The summed E-state index contributed by atoms with van der Waals surface area (Å²) in [5.74, 6) is -0.872. The van der Waals surface area contributed by atoms with E-state index < -0.39 is 12.4 Å². The van der Waals surface area contributed by atoms with Crippen LogP contribution in [-0.4, -0.2) is 14.5 Å². The monoisotopic (exact) mass is 292 g/mol. The minimum absolute atomic E-state index is 0.0142. The number of benzene rings is 2. The van der Waals surface area contributed by atoms with Crippen LogP contribution in [0.2, 0.25) is 0 Å². The molecule has 2 aromatic rings. The molecule has 0 saturated heterocycles. The summed E-state index contributed by atoms with van der Waals surface area (Å²) in [6.45, 7) is -3.09. The molecule has 0 atom stereocenters. The van der Waals surface area contributed by atoms with Crippen molar-refractivity contribution in [3.8, 4) is 5.75 Å². The molecule has 2 aromatic carbocycles. The molecule has 0 unspecified atom stereocenters. The number of nitrogen functional groups attached to an aromatic ring is 1. The van der Waals surface area contributed by atoms with Gasteiger partial charge < -0.3 is 15.8 Å². The van der Waals surface area contributed by atoms with Gasteiger partial charge in [0.1, 0.15) is 19.4 Å². The molecule has 0 saturated carbocycles. The van der Waals surface area contributed by atoms with E-state index in [4.69, 9.17) is 13.6 Å². The minimum atomic E-state index is -3.03. The molecule has 0 aliphatic heterocycles. The molecule has 21 heavy (non-hydrogen) atoms. The van der Waals surface area contributed by atoms with Crippen LogP contribution < -0.4 is 21.3 Å². The second-order valence-corrected chi connectivity index (χ2v) is 4.30. The van der Waals surface area contributed by atoms with Crippen molar-refractivity contribution >= 4 is 24.7 Å². The molecule has 7 heteroatoms. The molecule has 0 heterocycles. The predicted molar refractivity (Wildman–Crippen MR) is 76.6 cm³/mol. The molecule has 2 radical (unpaired) electrons. The first-order valence-corrected chi connectivity index (χ1v) is 6.08. The Morgan fingerprint density at radius 2 is 2.00 bits per heavy atom. The molecule has 0 amide bonds. The number of nitrogens with two attached hydrogens (primary N) is 1. The molecule has 0 spiro atoms. The highest BCUT2D eigenvalue weighted by Crippen LogP contribution is 2.25. The van der Waals surface area contributed by atoms with E-state index >= 15 is 0 Å². The number of nitrogens with one attached hydrogen (secondary N) is 1. The summed E-state index contributed by atoms with van der Waals surface area (Å²) in [5, 5.41) is 2.85. The van der Waals surface area contributed by atoms with Crippen LogP contribution >= 0.6 is 0 Å². The number of hydrogen-bond donors (Lipinski definition) is 2. The van der Waals surface area contributed by atoms with E-state index in [2.05, 4.69) is 10.1 Å². The first-order valence-electron chi connectivity index (χ1n) is 6.08. The van der Waals surface area contributed by atoms with Crippen LogP contribution in [-0.2, 0) is 6.54 Å². The van der Waals surface area contributed by atoms with Crippen molar-refractivity contribution in [3.05, 3.63) is 47.8 Å². The van der Waals surface area contributed by atoms with E-state index in [1.807, 2.05) is 0 Å². The van der Waals surface area contributed by atoms with E-state index in [9.17, 15) is 13.2 Å². The molecule has 2 rings (SSSR count). The van der Waals surface area contributed by atoms with Gasteiger partial charge in [-0.15, -0.1) is 0 Å². The fourth-order valence-corrected chi connectivity index (χ4v) is 1.83. The highest BCUT2D eigenvalue weighted by atomic mass is 19.3. The van der Waals surface area contributed by atoms with Crippen molar-refractivity contribution in [1.29, 1.82) is 0 Å². The lowest BCUT2D eigenvalue weighted by atomic mass is 9.95. The summed E-state index contributed by atoms with van der Waals surface area (Å²) in [4.78, 5) is 0. The first-order chi connectivity index (χ1) is 9.97. The van der Waals surface area contributed by atoms with Gasteiger partial charge >= 0.3 is 6.61 Å². The van der Waals surface area contributed by atoms with Crippen LogP contribution in [0.15, 0.2) is 36.4 Å². The van der Waals surface area contributed by atoms with E-state index in [-0.39, 0.29) is 17.9 Å². The lowest BCUT2D eigenvalue weighted by Gasteiger charge is -2.14. The molecular weight excluding hydrogens is 280 g/mol. The van der Waals surface area contributed by atoms with Crippen LogP contribution in [0.25, 0.3) is 0 Å². The van der Waals surface area contributed by atoms with Gasteiger partial charge in [-0.05, 0) is 24.3 Å². The van der Waals surface area contributed by atoms with Gasteiger partial charge in [-0.1, -0.05) is 17.6 Å². The van der Waals surface area contributed by atoms with Gasteiger partial charge in [0.25, 0.3) is 0 Å². The van der Waals surface area contributed by atoms with Gasteiger partial charge in [0.15, 0.2) is 0 Å². The quantitative estimate of drug-likeness (QED) is 0.657. The average Bonchev–Trinajstić information content (AvgIpc) is 2.41. The molecular formula is C14H12BF3N2O. The Morgan fingerprint density at radius 1 is 1.24 bits per heavy atom. The van der Waals surface area contributed by atoms with Gasteiger partial charge in [0.05, 0.1) is 11.4 Å². The second-order valence-electron chi connectivity index (χ2n) is 4.30. The summed E-state index contributed by atoms with van der Waals surface area (Å²) < 4.78 is 42.7. The van der Waals surface area contributed by atoms with Crippen molar-refractivity contribution in [3.63, 3.8) is 0 Å². The fraction of sp³-hybridized carbons (Fsp3) is 0.143. The number of rotatable bonds is 5. The zero-order valence-corrected chi connectivity index (χ0v) is 10.9. The smallest absolute Gasteiger partial charge is 0.387 e. The topological polar surface area (TPSA) is 47.3 Å². The first kappa shape index (κ1) is 15.1. The normalized spacial score (nSPS) is 10.7. The van der Waals surface area contributed by atoms with E-state index in [0.717, 1.165) is 6.07 Å². The van der Waals surface area contributed by atoms with E-state index in [1.54, 1.807) is 18.2 Å². The van der Waals surface area contributed by atoms with Crippen LogP contribution in [0.5, 0.6) is 5.75 Å². The number of anilines is 2. The van der Waals surface area contributed by atoms with Crippen molar-refractivity contribution in [1.82, 2.24) is 0 Å². The fourth-order valence-electron chi connectivity index (χ4n) is 1.83. The van der Waals surface area contributed by atoms with Gasteiger partial charge in [0, 0.05) is 12.1 Å².